The average molecular weight is 321 g/mol. The summed E-state index contributed by atoms with van der Waals surface area (Å²) in [6.45, 7) is 2.75. The van der Waals surface area contributed by atoms with E-state index in [2.05, 4.69) is 15.0 Å². The molecule has 22 heavy (non-hydrogen) atoms. The molecule has 6 heteroatoms. The third kappa shape index (κ3) is 1.86. The van der Waals surface area contributed by atoms with Gasteiger partial charge >= 0.3 is 0 Å². The summed E-state index contributed by atoms with van der Waals surface area (Å²) in [6, 6.07) is 0.277. The predicted molar refractivity (Wildman–Crippen MR) is 86.4 cm³/mol. The first-order valence-electron chi connectivity index (χ1n) is 8.24. The van der Waals surface area contributed by atoms with Gasteiger partial charge in [-0.15, -0.1) is 0 Å². The van der Waals surface area contributed by atoms with E-state index in [0.717, 1.165) is 23.7 Å². The molecule has 2 saturated carbocycles. The molecule has 3 atom stereocenters. The molecule has 1 aromatic heterocycles. The van der Waals surface area contributed by atoms with E-state index in [4.69, 9.17) is 4.74 Å². The van der Waals surface area contributed by atoms with Gasteiger partial charge in [0.05, 0.1) is 17.4 Å². The molecule has 1 saturated heterocycles. The lowest BCUT2D eigenvalue weighted by Crippen LogP contribution is -2.68. The Kier molecular flexibility index (Phi) is 3.42. The van der Waals surface area contributed by atoms with Crippen molar-refractivity contribution in [3.05, 3.63) is 11.3 Å². The van der Waals surface area contributed by atoms with Gasteiger partial charge in [-0.2, -0.15) is 4.37 Å². The number of rotatable bonds is 3. The Labute approximate surface area is 135 Å². The van der Waals surface area contributed by atoms with Crippen molar-refractivity contribution in [3.8, 4) is 0 Å². The molecule has 1 amide bonds. The summed E-state index contributed by atoms with van der Waals surface area (Å²) in [4.78, 5) is 12.8. The Hall–Kier alpha value is -1.14. The molecular weight excluding hydrogens is 298 g/mol. The predicted octanol–water partition coefficient (Wildman–Crippen LogP) is 2.57. The van der Waals surface area contributed by atoms with E-state index in [9.17, 15) is 4.79 Å². The van der Waals surface area contributed by atoms with Crippen LogP contribution >= 0.6 is 11.5 Å². The maximum absolute atomic E-state index is 12.8. The van der Waals surface area contributed by atoms with E-state index in [1.165, 1.54) is 37.2 Å². The molecule has 120 valence electrons. The summed E-state index contributed by atoms with van der Waals surface area (Å²) in [5.74, 6) is 0.532. The zero-order valence-corrected chi connectivity index (χ0v) is 14.0. The van der Waals surface area contributed by atoms with E-state index >= 15 is 0 Å². The lowest BCUT2D eigenvalue weighted by Gasteiger charge is -2.56. The standard InChI is InChI=1S/C16H23N3O2S/c1-9-11(15(17-2)22-19-9)14(20)18-12-10-5-8-21-13(10)16(12)6-3-4-7-16/h10,12-13,17H,3-8H2,1-2H3,(H,18,20)/t10-,12+,13+/m0/s1. The molecule has 0 radical (unpaired) electrons. The van der Waals surface area contributed by atoms with Crippen molar-refractivity contribution in [1.29, 1.82) is 0 Å². The fourth-order valence-electron chi connectivity index (χ4n) is 4.93. The summed E-state index contributed by atoms with van der Waals surface area (Å²) in [5, 5.41) is 7.29. The third-order valence-corrected chi connectivity index (χ3v) is 6.85. The van der Waals surface area contributed by atoms with Crippen LogP contribution in [0.25, 0.3) is 0 Å². The Balaban J connectivity index is 1.57. The van der Waals surface area contributed by atoms with Crippen LogP contribution < -0.4 is 10.6 Å². The highest BCUT2D eigenvalue weighted by Crippen LogP contribution is 2.60. The lowest BCUT2D eigenvalue weighted by atomic mass is 9.54. The van der Waals surface area contributed by atoms with Crippen LogP contribution in [-0.4, -0.2) is 36.1 Å². The topological polar surface area (TPSA) is 63.2 Å². The number of aryl methyl sites for hydroxylation is 1. The second-order valence-electron chi connectivity index (χ2n) is 6.86. The number of aromatic nitrogens is 1. The average Bonchev–Trinajstić information content (AvgIpc) is 3.22. The SMILES string of the molecule is CNc1snc(C)c1C(=O)N[C@@H]1[C@@H]2CCO[C@H]2C12CCCC2. The molecule has 1 aromatic rings. The number of carbonyl (C=O) groups is 1. The summed E-state index contributed by atoms with van der Waals surface area (Å²) < 4.78 is 10.3. The van der Waals surface area contributed by atoms with E-state index in [1.807, 2.05) is 14.0 Å². The fourth-order valence-corrected chi connectivity index (χ4v) is 5.67. The highest BCUT2D eigenvalue weighted by atomic mass is 32.1. The monoisotopic (exact) mass is 321 g/mol. The molecule has 0 aromatic carbocycles. The second kappa shape index (κ2) is 5.20. The van der Waals surface area contributed by atoms with Gasteiger partial charge in [-0.3, -0.25) is 4.79 Å². The quantitative estimate of drug-likeness (QED) is 0.898. The van der Waals surface area contributed by atoms with Gasteiger partial charge in [-0.1, -0.05) is 12.8 Å². The third-order valence-electron chi connectivity index (χ3n) is 5.89. The molecule has 0 unspecified atom stereocenters. The van der Waals surface area contributed by atoms with E-state index in [1.54, 1.807) is 0 Å². The van der Waals surface area contributed by atoms with Gasteiger partial charge in [0.25, 0.3) is 5.91 Å². The zero-order chi connectivity index (χ0) is 15.3. The lowest BCUT2D eigenvalue weighted by molar-refractivity contribution is -0.126. The number of amides is 1. The Morgan fingerprint density at radius 1 is 1.41 bits per heavy atom. The van der Waals surface area contributed by atoms with Gasteiger partial charge in [-0.05, 0) is 37.7 Å². The van der Waals surface area contributed by atoms with Crippen LogP contribution in [0.15, 0.2) is 0 Å². The highest BCUT2D eigenvalue weighted by molar-refractivity contribution is 7.10. The Bertz CT molecular complexity index is 594. The van der Waals surface area contributed by atoms with Crippen molar-refractivity contribution in [2.24, 2.45) is 11.3 Å². The van der Waals surface area contributed by atoms with Gasteiger partial charge in [0.2, 0.25) is 0 Å². The zero-order valence-electron chi connectivity index (χ0n) is 13.1. The van der Waals surface area contributed by atoms with Crippen LogP contribution in [-0.2, 0) is 4.74 Å². The van der Waals surface area contributed by atoms with Gasteiger partial charge in [0.15, 0.2) is 0 Å². The molecule has 1 spiro atoms. The van der Waals surface area contributed by atoms with Crippen LogP contribution in [0.4, 0.5) is 5.00 Å². The number of anilines is 1. The van der Waals surface area contributed by atoms with Gasteiger partial charge in [0.1, 0.15) is 5.00 Å². The first kappa shape index (κ1) is 14.5. The number of ether oxygens (including phenoxy) is 1. The minimum Gasteiger partial charge on any atom is -0.378 e. The number of carbonyl (C=O) groups excluding carboxylic acids is 1. The number of hydrogen-bond donors (Lipinski definition) is 2. The van der Waals surface area contributed by atoms with Gasteiger partial charge in [0, 0.05) is 31.0 Å². The van der Waals surface area contributed by atoms with Crippen molar-refractivity contribution >= 4 is 22.4 Å². The van der Waals surface area contributed by atoms with Crippen LogP contribution in [0.2, 0.25) is 0 Å². The first-order valence-corrected chi connectivity index (χ1v) is 9.01. The first-order chi connectivity index (χ1) is 10.7. The fraction of sp³-hybridized carbons (Fsp3) is 0.750. The van der Waals surface area contributed by atoms with E-state index in [-0.39, 0.29) is 17.4 Å². The maximum Gasteiger partial charge on any atom is 0.256 e. The van der Waals surface area contributed by atoms with Gasteiger partial charge in [-0.25, -0.2) is 0 Å². The normalized spacial score (nSPS) is 31.8. The Morgan fingerprint density at radius 3 is 2.91 bits per heavy atom. The number of fused-ring (bicyclic) bond motifs is 2. The molecule has 2 heterocycles. The van der Waals surface area contributed by atoms with Crippen LogP contribution in [0, 0.1) is 18.3 Å². The van der Waals surface area contributed by atoms with Crippen LogP contribution in [0.5, 0.6) is 0 Å². The molecular formula is C16H23N3O2S. The van der Waals surface area contributed by atoms with Crippen molar-refractivity contribution in [2.45, 2.75) is 51.2 Å². The van der Waals surface area contributed by atoms with Crippen molar-refractivity contribution in [1.82, 2.24) is 9.69 Å². The summed E-state index contributed by atoms with van der Waals surface area (Å²) in [7, 11) is 1.84. The van der Waals surface area contributed by atoms with Crippen molar-refractivity contribution < 1.29 is 9.53 Å². The molecule has 3 fully saturated rings. The molecule has 3 aliphatic rings. The molecule has 2 N–H and O–H groups in total. The molecule has 2 aliphatic carbocycles. The largest absolute Gasteiger partial charge is 0.378 e. The number of nitrogens with zero attached hydrogens (tertiary/aromatic N) is 1. The summed E-state index contributed by atoms with van der Waals surface area (Å²) in [5.41, 5.74) is 1.72. The van der Waals surface area contributed by atoms with Crippen LogP contribution in [0.3, 0.4) is 0 Å². The van der Waals surface area contributed by atoms with Crippen molar-refractivity contribution in [3.63, 3.8) is 0 Å². The Morgan fingerprint density at radius 2 is 2.18 bits per heavy atom. The molecule has 5 nitrogen and oxygen atoms in total. The minimum absolute atomic E-state index is 0.0252. The van der Waals surface area contributed by atoms with E-state index in [0.29, 0.717) is 17.6 Å². The summed E-state index contributed by atoms with van der Waals surface area (Å²) >= 11 is 1.35. The van der Waals surface area contributed by atoms with Crippen LogP contribution in [0.1, 0.15) is 48.2 Å². The molecule has 0 bridgehead atoms. The van der Waals surface area contributed by atoms with Crippen molar-refractivity contribution in [2.75, 3.05) is 19.0 Å². The van der Waals surface area contributed by atoms with Gasteiger partial charge < -0.3 is 15.4 Å². The number of hydrogen-bond acceptors (Lipinski definition) is 5. The smallest absolute Gasteiger partial charge is 0.256 e. The van der Waals surface area contributed by atoms with E-state index < -0.39 is 0 Å². The minimum atomic E-state index is 0.0252. The summed E-state index contributed by atoms with van der Waals surface area (Å²) in [6.07, 6.45) is 6.37. The second-order valence-corrected chi connectivity index (χ2v) is 7.63. The maximum atomic E-state index is 12.8. The number of nitrogens with one attached hydrogen (secondary N) is 2. The molecule has 4 rings (SSSR count). The molecule has 1 aliphatic heterocycles. The highest BCUT2D eigenvalue weighted by Gasteiger charge is 2.65.